The van der Waals surface area contributed by atoms with Crippen molar-refractivity contribution in [1.82, 2.24) is 15.5 Å². The highest BCUT2D eigenvalue weighted by Crippen LogP contribution is 2.20. The van der Waals surface area contributed by atoms with Gasteiger partial charge in [-0.1, -0.05) is 13.8 Å². The molecular formula is C11H19N3O3. The molecule has 0 spiro atoms. The predicted octanol–water partition coefficient (Wildman–Crippen LogP) is 2.29. The van der Waals surface area contributed by atoms with E-state index in [1.54, 1.807) is 0 Å². The zero-order chi connectivity index (χ0) is 13.1. The Morgan fingerprint density at radius 3 is 2.53 bits per heavy atom. The second-order valence-electron chi connectivity index (χ2n) is 5.14. The Hall–Kier alpha value is -1.59. The van der Waals surface area contributed by atoms with Gasteiger partial charge < -0.3 is 14.5 Å². The molecule has 17 heavy (non-hydrogen) atoms. The van der Waals surface area contributed by atoms with Crippen LogP contribution in [0.5, 0.6) is 0 Å². The van der Waals surface area contributed by atoms with Crippen molar-refractivity contribution >= 4 is 6.09 Å². The first kappa shape index (κ1) is 13.5. The van der Waals surface area contributed by atoms with Crippen LogP contribution in [-0.4, -0.2) is 21.9 Å². The second kappa shape index (κ2) is 5.16. The standard InChI is InChI=1S/C11H19N3O3/c1-7(2)8(9-14-12-6-16-9)13-10(15)17-11(3,4)5/h6-8H,1-5H3,(H,13,15)/t8-/m0/s1. The van der Waals surface area contributed by atoms with Crippen LogP contribution < -0.4 is 5.32 Å². The maximum absolute atomic E-state index is 11.6. The Morgan fingerprint density at radius 1 is 1.47 bits per heavy atom. The molecule has 0 aliphatic rings. The molecule has 96 valence electrons. The molecule has 0 fully saturated rings. The monoisotopic (exact) mass is 241 g/mol. The molecule has 0 saturated carbocycles. The minimum atomic E-state index is -0.527. The second-order valence-corrected chi connectivity index (χ2v) is 5.14. The van der Waals surface area contributed by atoms with Gasteiger partial charge in [0.1, 0.15) is 11.6 Å². The number of ether oxygens (including phenoxy) is 1. The number of hydrogen-bond donors (Lipinski definition) is 1. The lowest BCUT2D eigenvalue weighted by Gasteiger charge is -2.23. The van der Waals surface area contributed by atoms with Gasteiger partial charge in [0, 0.05) is 0 Å². The largest absolute Gasteiger partial charge is 0.444 e. The Bertz CT molecular complexity index is 355. The number of nitrogens with one attached hydrogen (secondary N) is 1. The van der Waals surface area contributed by atoms with Crippen molar-refractivity contribution in [2.45, 2.75) is 46.3 Å². The first-order valence-corrected chi connectivity index (χ1v) is 5.55. The SMILES string of the molecule is CC(C)[C@H](NC(=O)OC(C)(C)C)c1nnco1. The van der Waals surface area contributed by atoms with Gasteiger partial charge in [-0.25, -0.2) is 4.79 Å². The third-order valence-electron chi connectivity index (χ3n) is 1.98. The van der Waals surface area contributed by atoms with Crippen molar-refractivity contribution in [3.05, 3.63) is 12.3 Å². The van der Waals surface area contributed by atoms with Crippen LogP contribution in [0.1, 0.15) is 46.6 Å². The summed E-state index contributed by atoms with van der Waals surface area (Å²) in [5.41, 5.74) is -0.527. The van der Waals surface area contributed by atoms with Crippen molar-refractivity contribution in [3.63, 3.8) is 0 Å². The van der Waals surface area contributed by atoms with Gasteiger partial charge in [0.25, 0.3) is 0 Å². The average molecular weight is 241 g/mol. The van der Waals surface area contributed by atoms with Gasteiger partial charge >= 0.3 is 6.09 Å². The van der Waals surface area contributed by atoms with E-state index in [1.807, 2.05) is 34.6 Å². The summed E-state index contributed by atoms with van der Waals surface area (Å²) in [4.78, 5) is 11.6. The highest BCUT2D eigenvalue weighted by Gasteiger charge is 2.25. The van der Waals surface area contributed by atoms with Crippen LogP contribution in [0.25, 0.3) is 0 Å². The van der Waals surface area contributed by atoms with Gasteiger partial charge in [0.2, 0.25) is 12.3 Å². The molecule has 0 unspecified atom stereocenters. The highest BCUT2D eigenvalue weighted by molar-refractivity contribution is 5.68. The molecule has 1 aromatic heterocycles. The van der Waals surface area contributed by atoms with Gasteiger partial charge in [-0.3, -0.25) is 0 Å². The first-order valence-electron chi connectivity index (χ1n) is 5.55. The van der Waals surface area contributed by atoms with E-state index in [1.165, 1.54) is 6.39 Å². The van der Waals surface area contributed by atoms with Crippen molar-refractivity contribution in [2.75, 3.05) is 0 Å². The van der Waals surface area contributed by atoms with Crippen molar-refractivity contribution in [2.24, 2.45) is 5.92 Å². The predicted molar refractivity (Wildman–Crippen MR) is 61.2 cm³/mol. The zero-order valence-electron chi connectivity index (χ0n) is 10.9. The van der Waals surface area contributed by atoms with Crippen LogP contribution in [0.2, 0.25) is 0 Å². The maximum Gasteiger partial charge on any atom is 0.408 e. The Kier molecular flexibility index (Phi) is 4.09. The van der Waals surface area contributed by atoms with Crippen LogP contribution >= 0.6 is 0 Å². The minimum absolute atomic E-state index is 0.128. The molecular weight excluding hydrogens is 222 g/mol. The third-order valence-corrected chi connectivity index (χ3v) is 1.98. The Balaban J connectivity index is 2.66. The number of nitrogens with zero attached hydrogens (tertiary/aromatic N) is 2. The molecule has 6 heteroatoms. The lowest BCUT2D eigenvalue weighted by Crippen LogP contribution is -2.37. The molecule has 0 aromatic carbocycles. The van der Waals surface area contributed by atoms with Gasteiger partial charge in [-0.05, 0) is 26.7 Å². The summed E-state index contributed by atoms with van der Waals surface area (Å²) in [6, 6.07) is -0.340. The molecule has 1 aromatic rings. The van der Waals surface area contributed by atoms with Crippen molar-refractivity contribution < 1.29 is 13.9 Å². The molecule has 1 heterocycles. The highest BCUT2D eigenvalue weighted by atomic mass is 16.6. The Morgan fingerprint density at radius 2 is 2.12 bits per heavy atom. The molecule has 0 aliphatic carbocycles. The van der Waals surface area contributed by atoms with Gasteiger partial charge in [-0.15, -0.1) is 10.2 Å². The Labute approximate surface area is 101 Å². The normalized spacial score (nSPS) is 13.5. The lowest BCUT2D eigenvalue weighted by molar-refractivity contribution is 0.0479. The molecule has 0 radical (unpaired) electrons. The topological polar surface area (TPSA) is 77.2 Å². The molecule has 1 atom stereocenters. The third kappa shape index (κ3) is 4.42. The van der Waals surface area contributed by atoms with E-state index in [0.717, 1.165) is 0 Å². The fraction of sp³-hybridized carbons (Fsp3) is 0.727. The summed E-state index contributed by atoms with van der Waals surface area (Å²) in [5, 5.41) is 10.1. The molecule has 0 bridgehead atoms. The molecule has 0 aliphatic heterocycles. The number of carbonyl (C=O) groups excluding carboxylic acids is 1. The molecule has 1 amide bonds. The van der Waals surface area contributed by atoms with Gasteiger partial charge in [0.05, 0.1) is 0 Å². The summed E-state index contributed by atoms with van der Waals surface area (Å²) in [6.07, 6.45) is 0.746. The van der Waals surface area contributed by atoms with Crippen LogP contribution in [0, 0.1) is 5.92 Å². The molecule has 0 saturated heterocycles. The fourth-order valence-corrected chi connectivity index (χ4v) is 1.27. The number of hydrogen-bond acceptors (Lipinski definition) is 5. The zero-order valence-corrected chi connectivity index (χ0v) is 10.9. The van der Waals surface area contributed by atoms with Crippen LogP contribution in [0.15, 0.2) is 10.8 Å². The van der Waals surface area contributed by atoms with E-state index < -0.39 is 11.7 Å². The summed E-state index contributed by atoms with van der Waals surface area (Å²) in [5.74, 6) is 0.508. The first-order chi connectivity index (χ1) is 7.79. The maximum atomic E-state index is 11.6. The molecule has 6 nitrogen and oxygen atoms in total. The average Bonchev–Trinajstić information content (AvgIpc) is 2.63. The summed E-state index contributed by atoms with van der Waals surface area (Å²) < 4.78 is 10.3. The van der Waals surface area contributed by atoms with E-state index in [9.17, 15) is 4.79 Å². The summed E-state index contributed by atoms with van der Waals surface area (Å²) >= 11 is 0. The van der Waals surface area contributed by atoms with E-state index >= 15 is 0 Å². The summed E-state index contributed by atoms with van der Waals surface area (Å²) in [7, 11) is 0. The van der Waals surface area contributed by atoms with E-state index in [-0.39, 0.29) is 12.0 Å². The van der Waals surface area contributed by atoms with E-state index in [0.29, 0.717) is 5.89 Å². The van der Waals surface area contributed by atoms with Crippen molar-refractivity contribution in [1.29, 1.82) is 0 Å². The van der Waals surface area contributed by atoms with Crippen LogP contribution in [-0.2, 0) is 4.74 Å². The number of amides is 1. The van der Waals surface area contributed by atoms with Crippen LogP contribution in [0.3, 0.4) is 0 Å². The van der Waals surface area contributed by atoms with Gasteiger partial charge in [-0.2, -0.15) is 0 Å². The van der Waals surface area contributed by atoms with E-state index in [2.05, 4.69) is 15.5 Å². The quantitative estimate of drug-likeness (QED) is 0.878. The van der Waals surface area contributed by atoms with Crippen LogP contribution in [0.4, 0.5) is 4.79 Å². The number of rotatable bonds is 3. The van der Waals surface area contributed by atoms with Gasteiger partial charge in [0.15, 0.2) is 0 Å². The molecule has 1 rings (SSSR count). The lowest BCUT2D eigenvalue weighted by atomic mass is 10.1. The molecule has 1 N–H and O–H groups in total. The van der Waals surface area contributed by atoms with E-state index in [4.69, 9.17) is 9.15 Å². The number of carbonyl (C=O) groups is 1. The number of aromatic nitrogens is 2. The minimum Gasteiger partial charge on any atom is -0.444 e. The summed E-state index contributed by atoms with van der Waals surface area (Å²) in [6.45, 7) is 9.33. The smallest absolute Gasteiger partial charge is 0.408 e. The van der Waals surface area contributed by atoms with Crippen molar-refractivity contribution in [3.8, 4) is 0 Å². The fourth-order valence-electron chi connectivity index (χ4n) is 1.27. The number of alkyl carbamates (subject to hydrolysis) is 1.